The van der Waals surface area contributed by atoms with Gasteiger partial charge in [-0.3, -0.25) is 19.4 Å². The monoisotopic (exact) mass is 516 g/mol. The molecule has 1 aliphatic rings. The lowest BCUT2D eigenvalue weighted by Gasteiger charge is -2.28. The molecule has 0 N–H and O–H groups in total. The van der Waals surface area contributed by atoms with Crippen LogP contribution in [0.1, 0.15) is 17.5 Å². The van der Waals surface area contributed by atoms with E-state index >= 15 is 0 Å². The summed E-state index contributed by atoms with van der Waals surface area (Å²) in [4.78, 5) is 51.6. The van der Waals surface area contributed by atoms with E-state index in [9.17, 15) is 14.4 Å². The number of aromatic nitrogens is 2. The molecule has 8 heteroatoms. The molecular formula is C31H24N4O4. The average molecular weight is 517 g/mol. The highest BCUT2D eigenvalue weighted by Crippen LogP contribution is 2.30. The Bertz CT molecular complexity index is 1620. The summed E-state index contributed by atoms with van der Waals surface area (Å²) in [7, 11) is 0. The highest BCUT2D eigenvalue weighted by atomic mass is 16.3. The first-order valence-electron chi connectivity index (χ1n) is 12.6. The second-order valence-corrected chi connectivity index (χ2v) is 9.37. The molecule has 1 fully saturated rings. The summed E-state index contributed by atoms with van der Waals surface area (Å²) in [6.07, 6.45) is 3.34. The fourth-order valence-electron chi connectivity index (χ4n) is 4.81. The van der Waals surface area contributed by atoms with Crippen LogP contribution in [0.25, 0.3) is 22.6 Å². The number of pyridine rings is 1. The Morgan fingerprint density at radius 1 is 0.897 bits per heavy atom. The van der Waals surface area contributed by atoms with Gasteiger partial charge in [-0.2, -0.15) is 0 Å². The highest BCUT2D eigenvalue weighted by molar-refractivity contribution is 6.23. The minimum Gasteiger partial charge on any atom is -0.436 e. The Morgan fingerprint density at radius 2 is 1.64 bits per heavy atom. The number of para-hydroxylation sites is 2. The van der Waals surface area contributed by atoms with Crippen molar-refractivity contribution < 1.29 is 18.8 Å². The third-order valence-corrected chi connectivity index (χ3v) is 6.76. The van der Waals surface area contributed by atoms with E-state index in [1.54, 1.807) is 42.7 Å². The lowest BCUT2D eigenvalue weighted by molar-refractivity contribution is -0.138. The van der Waals surface area contributed by atoms with E-state index in [0.29, 0.717) is 17.2 Å². The number of oxazole rings is 1. The molecule has 2 aromatic heterocycles. The largest absolute Gasteiger partial charge is 0.436 e. The number of imide groups is 1. The number of carbonyl (C=O) groups excluding carboxylic acids is 3. The van der Waals surface area contributed by atoms with Crippen LogP contribution in [0.5, 0.6) is 0 Å². The zero-order chi connectivity index (χ0) is 26.8. The molecule has 3 amide bonds. The molecule has 5 aromatic rings. The number of fused-ring (bicyclic) bond motifs is 1. The van der Waals surface area contributed by atoms with E-state index < -0.39 is 11.9 Å². The smallest absolute Gasteiger partial charge is 0.257 e. The van der Waals surface area contributed by atoms with Crippen LogP contribution in [0.3, 0.4) is 0 Å². The first-order chi connectivity index (χ1) is 19.1. The maximum atomic E-state index is 13.6. The molecule has 1 aliphatic heterocycles. The second kappa shape index (κ2) is 10.3. The van der Waals surface area contributed by atoms with Gasteiger partial charge in [0, 0.05) is 24.5 Å². The number of amides is 3. The Kier molecular flexibility index (Phi) is 6.42. The lowest BCUT2D eigenvalue weighted by Crippen LogP contribution is -2.45. The summed E-state index contributed by atoms with van der Waals surface area (Å²) in [5, 5.41) is 0. The topological polar surface area (TPSA) is 96.6 Å². The summed E-state index contributed by atoms with van der Waals surface area (Å²) in [5.74, 6) is -0.568. The van der Waals surface area contributed by atoms with E-state index in [2.05, 4.69) is 9.97 Å². The van der Waals surface area contributed by atoms with Crippen molar-refractivity contribution in [3.63, 3.8) is 0 Å². The minimum absolute atomic E-state index is 0.0908. The van der Waals surface area contributed by atoms with Crippen LogP contribution in [0.2, 0.25) is 0 Å². The first-order valence-corrected chi connectivity index (χ1v) is 12.6. The maximum absolute atomic E-state index is 13.6. The van der Waals surface area contributed by atoms with E-state index in [0.717, 1.165) is 27.1 Å². The zero-order valence-corrected chi connectivity index (χ0v) is 20.9. The second-order valence-electron chi connectivity index (χ2n) is 9.37. The Balaban J connectivity index is 1.26. The zero-order valence-electron chi connectivity index (χ0n) is 20.9. The molecule has 0 radical (unpaired) electrons. The lowest BCUT2D eigenvalue weighted by atomic mass is 10.1. The van der Waals surface area contributed by atoms with E-state index in [-0.39, 0.29) is 31.2 Å². The van der Waals surface area contributed by atoms with Crippen LogP contribution in [-0.2, 0) is 27.3 Å². The van der Waals surface area contributed by atoms with Gasteiger partial charge in [-0.1, -0.05) is 48.5 Å². The number of carbonyl (C=O) groups is 3. The minimum atomic E-state index is -0.911. The molecule has 6 rings (SSSR count). The third-order valence-electron chi connectivity index (χ3n) is 6.76. The molecule has 3 heterocycles. The molecule has 0 aliphatic carbocycles. The van der Waals surface area contributed by atoms with Gasteiger partial charge < -0.3 is 9.32 Å². The molecule has 8 nitrogen and oxygen atoms in total. The first kappa shape index (κ1) is 24.2. The normalized spacial score (nSPS) is 15.2. The molecular weight excluding hydrogens is 492 g/mol. The van der Waals surface area contributed by atoms with Gasteiger partial charge in [0.2, 0.25) is 17.7 Å². The van der Waals surface area contributed by atoms with Gasteiger partial charge in [0.05, 0.1) is 18.5 Å². The average Bonchev–Trinajstić information content (AvgIpc) is 3.53. The number of hydrogen-bond donors (Lipinski definition) is 0. The predicted octanol–water partition coefficient (Wildman–Crippen LogP) is 4.79. The molecule has 1 unspecified atom stereocenters. The maximum Gasteiger partial charge on any atom is 0.257 e. The number of benzene rings is 3. The Labute approximate surface area is 224 Å². The number of nitrogens with zero attached hydrogens (tertiary/aromatic N) is 4. The van der Waals surface area contributed by atoms with Gasteiger partial charge >= 0.3 is 0 Å². The predicted molar refractivity (Wildman–Crippen MR) is 145 cm³/mol. The molecule has 0 bridgehead atoms. The van der Waals surface area contributed by atoms with Gasteiger partial charge in [0.1, 0.15) is 11.6 Å². The van der Waals surface area contributed by atoms with Crippen molar-refractivity contribution in [3.8, 4) is 11.5 Å². The van der Waals surface area contributed by atoms with Crippen molar-refractivity contribution in [2.45, 2.75) is 25.4 Å². The number of anilines is 1. The Morgan fingerprint density at radius 3 is 2.38 bits per heavy atom. The van der Waals surface area contributed by atoms with Crippen molar-refractivity contribution >= 4 is 34.5 Å². The quantitative estimate of drug-likeness (QED) is 0.289. The van der Waals surface area contributed by atoms with Crippen molar-refractivity contribution in [1.29, 1.82) is 0 Å². The summed E-state index contributed by atoms with van der Waals surface area (Å²) in [6.45, 7) is 0.174. The van der Waals surface area contributed by atoms with E-state index in [1.165, 1.54) is 4.90 Å². The van der Waals surface area contributed by atoms with Crippen molar-refractivity contribution in [2.24, 2.45) is 0 Å². The summed E-state index contributed by atoms with van der Waals surface area (Å²) in [6, 6.07) is 26.5. The van der Waals surface area contributed by atoms with Crippen LogP contribution in [0, 0.1) is 0 Å². The summed E-state index contributed by atoms with van der Waals surface area (Å²) in [5.41, 5.74) is 4.20. The van der Waals surface area contributed by atoms with E-state index in [1.807, 2.05) is 60.7 Å². The van der Waals surface area contributed by atoms with Crippen molar-refractivity contribution in [1.82, 2.24) is 14.9 Å². The molecule has 0 saturated carbocycles. The van der Waals surface area contributed by atoms with Crippen LogP contribution >= 0.6 is 0 Å². The third kappa shape index (κ3) is 4.92. The van der Waals surface area contributed by atoms with Crippen molar-refractivity contribution in [2.75, 3.05) is 4.90 Å². The fraction of sp³-hybridized carbons (Fsp3) is 0.129. The van der Waals surface area contributed by atoms with Crippen LogP contribution in [0.4, 0.5) is 5.69 Å². The molecule has 1 saturated heterocycles. The van der Waals surface area contributed by atoms with Crippen molar-refractivity contribution in [3.05, 3.63) is 115 Å². The molecule has 3 aromatic carbocycles. The van der Waals surface area contributed by atoms with Gasteiger partial charge in [-0.05, 0) is 53.6 Å². The van der Waals surface area contributed by atoms with Crippen LogP contribution in [-0.4, -0.2) is 38.6 Å². The fourth-order valence-corrected chi connectivity index (χ4v) is 4.81. The summed E-state index contributed by atoms with van der Waals surface area (Å²) < 4.78 is 5.83. The van der Waals surface area contributed by atoms with Crippen LogP contribution in [0.15, 0.2) is 108 Å². The number of rotatable bonds is 7. The van der Waals surface area contributed by atoms with Gasteiger partial charge in [-0.25, -0.2) is 9.88 Å². The highest BCUT2D eigenvalue weighted by Gasteiger charge is 2.44. The molecule has 1 atom stereocenters. The summed E-state index contributed by atoms with van der Waals surface area (Å²) >= 11 is 0. The number of hydrogen-bond acceptors (Lipinski definition) is 6. The Hall–Kier alpha value is -5.11. The van der Waals surface area contributed by atoms with Crippen LogP contribution < -0.4 is 4.90 Å². The van der Waals surface area contributed by atoms with Gasteiger partial charge in [0.25, 0.3) is 5.91 Å². The molecule has 192 valence electrons. The molecule has 39 heavy (non-hydrogen) atoms. The SMILES string of the molecule is O=C1CC(N(Cc2cccnc2)C(=O)Cc2ccccc2)C(=O)N1c1ccc(-c2nc3ccccc3o2)cc1. The van der Waals surface area contributed by atoms with Gasteiger partial charge in [0.15, 0.2) is 5.58 Å². The molecule has 0 spiro atoms. The van der Waals surface area contributed by atoms with Gasteiger partial charge in [-0.15, -0.1) is 0 Å². The van der Waals surface area contributed by atoms with E-state index in [4.69, 9.17) is 4.42 Å². The standard InChI is InChI=1S/C31H24N4O4/c36-28(17-21-7-2-1-3-8-21)34(20-22-9-6-16-32-19-22)26-18-29(37)35(31(26)38)24-14-12-23(13-15-24)30-33-25-10-4-5-11-27(25)39-30/h1-16,19,26H,17-18,20H2.